The first kappa shape index (κ1) is 18.3. The van der Waals surface area contributed by atoms with E-state index in [9.17, 15) is 0 Å². The molecule has 0 aromatic heterocycles. The zero-order valence-electron chi connectivity index (χ0n) is 13.9. The maximum Gasteiger partial charge on any atom is 0.194 e. The number of halogens is 1. The van der Waals surface area contributed by atoms with Gasteiger partial charge in [-0.1, -0.05) is 12.1 Å². The molecule has 1 N–H and O–H groups in total. The minimum Gasteiger partial charge on any atom is -0.491 e. The van der Waals surface area contributed by atoms with Crippen LogP contribution in [0.15, 0.2) is 23.2 Å². The van der Waals surface area contributed by atoms with Crippen LogP contribution in [0.1, 0.15) is 24.0 Å². The molecular formula is C17H26IN3O2. The Kier molecular flexibility index (Phi) is 6.95. The second-order valence-corrected chi connectivity index (χ2v) is 6.04. The van der Waals surface area contributed by atoms with Crippen LogP contribution in [0.3, 0.4) is 0 Å². The van der Waals surface area contributed by atoms with E-state index in [-0.39, 0.29) is 30.1 Å². The van der Waals surface area contributed by atoms with Gasteiger partial charge in [0.2, 0.25) is 0 Å². The number of hydrogen-bond acceptors (Lipinski definition) is 5. The van der Waals surface area contributed by atoms with E-state index < -0.39 is 0 Å². The van der Waals surface area contributed by atoms with E-state index in [4.69, 9.17) is 9.47 Å². The van der Waals surface area contributed by atoms with Crippen molar-refractivity contribution in [3.05, 3.63) is 29.3 Å². The van der Waals surface area contributed by atoms with E-state index in [1.165, 1.54) is 5.56 Å². The zero-order chi connectivity index (χ0) is 15.4. The summed E-state index contributed by atoms with van der Waals surface area (Å²) >= 11 is 0. The largest absolute Gasteiger partial charge is 0.491 e. The average molecular weight is 431 g/mol. The lowest BCUT2D eigenvalue weighted by atomic mass is 10.1. The van der Waals surface area contributed by atoms with Gasteiger partial charge in [-0.15, -0.1) is 24.0 Å². The van der Waals surface area contributed by atoms with Gasteiger partial charge in [0.25, 0.3) is 0 Å². The van der Waals surface area contributed by atoms with Crippen molar-refractivity contribution in [1.82, 2.24) is 10.2 Å². The molecule has 1 aromatic carbocycles. The molecule has 0 bridgehead atoms. The summed E-state index contributed by atoms with van der Waals surface area (Å²) in [6.07, 6.45) is 2.48. The fourth-order valence-electron chi connectivity index (χ4n) is 2.80. The summed E-state index contributed by atoms with van der Waals surface area (Å²) < 4.78 is 11.7. The Labute approximate surface area is 155 Å². The Balaban J connectivity index is 0.00000192. The highest BCUT2D eigenvalue weighted by Gasteiger charge is 2.17. The third-order valence-corrected chi connectivity index (χ3v) is 4.17. The van der Waals surface area contributed by atoms with Crippen LogP contribution in [-0.4, -0.2) is 50.3 Å². The quantitative estimate of drug-likeness (QED) is 0.729. The number of benzene rings is 1. The molecule has 2 aliphatic heterocycles. The lowest BCUT2D eigenvalue weighted by molar-refractivity contribution is 0.0676. The second-order valence-electron chi connectivity index (χ2n) is 6.04. The lowest BCUT2D eigenvalue weighted by Gasteiger charge is -2.18. The number of nitrogens with zero attached hydrogens (tertiary/aromatic N) is 2. The zero-order valence-corrected chi connectivity index (χ0v) is 16.2. The molecule has 1 fully saturated rings. The maximum atomic E-state index is 6.03. The van der Waals surface area contributed by atoms with Crippen molar-refractivity contribution >= 4 is 29.9 Å². The van der Waals surface area contributed by atoms with Crippen LogP contribution in [0, 0.1) is 6.92 Å². The monoisotopic (exact) mass is 431 g/mol. The molecule has 3 rings (SSSR count). The van der Waals surface area contributed by atoms with Crippen LogP contribution >= 0.6 is 24.0 Å². The van der Waals surface area contributed by atoms with Gasteiger partial charge in [-0.3, -0.25) is 4.99 Å². The molecule has 128 valence electrons. The van der Waals surface area contributed by atoms with Gasteiger partial charge in [0.05, 0.1) is 12.6 Å². The summed E-state index contributed by atoms with van der Waals surface area (Å²) in [5.74, 6) is 1.91. The maximum absolute atomic E-state index is 6.03. The molecule has 0 saturated carbocycles. The Morgan fingerprint density at radius 2 is 2.30 bits per heavy atom. The highest BCUT2D eigenvalue weighted by Crippen LogP contribution is 2.22. The van der Waals surface area contributed by atoms with E-state index in [0.29, 0.717) is 6.61 Å². The fraction of sp³-hybridized carbons (Fsp3) is 0.588. The van der Waals surface area contributed by atoms with Crippen molar-refractivity contribution in [3.8, 4) is 5.75 Å². The summed E-state index contributed by atoms with van der Waals surface area (Å²) in [4.78, 5) is 6.60. The summed E-state index contributed by atoms with van der Waals surface area (Å²) in [5, 5.41) is 3.40. The number of likely N-dealkylation sites (N-methyl/N-ethyl adjacent to an activating group) is 1. The van der Waals surface area contributed by atoms with Crippen LogP contribution in [0.5, 0.6) is 5.75 Å². The first-order valence-corrected chi connectivity index (χ1v) is 8.06. The molecule has 0 aliphatic carbocycles. The van der Waals surface area contributed by atoms with Crippen LogP contribution in [0.25, 0.3) is 0 Å². The summed E-state index contributed by atoms with van der Waals surface area (Å²) in [5.41, 5.74) is 2.37. The van der Waals surface area contributed by atoms with E-state index in [1.54, 1.807) is 0 Å². The Hall–Kier alpha value is -1.02. The van der Waals surface area contributed by atoms with Crippen LogP contribution in [0.2, 0.25) is 0 Å². The van der Waals surface area contributed by atoms with Gasteiger partial charge in [0, 0.05) is 32.3 Å². The first-order chi connectivity index (χ1) is 10.7. The van der Waals surface area contributed by atoms with Gasteiger partial charge in [0.1, 0.15) is 12.4 Å². The first-order valence-electron chi connectivity index (χ1n) is 8.06. The van der Waals surface area contributed by atoms with Gasteiger partial charge in [-0.05, 0) is 31.4 Å². The fourth-order valence-corrected chi connectivity index (χ4v) is 2.80. The van der Waals surface area contributed by atoms with Gasteiger partial charge in [-0.25, -0.2) is 0 Å². The number of nitrogens with one attached hydrogen (secondary N) is 1. The molecule has 23 heavy (non-hydrogen) atoms. The molecule has 2 aliphatic rings. The van der Waals surface area contributed by atoms with Crippen LogP contribution < -0.4 is 10.1 Å². The number of ether oxygens (including phenoxy) is 2. The number of aliphatic imine (C=N–C) groups is 1. The summed E-state index contributed by atoms with van der Waals surface area (Å²) in [6, 6.07) is 6.35. The van der Waals surface area contributed by atoms with Crippen molar-refractivity contribution < 1.29 is 9.47 Å². The van der Waals surface area contributed by atoms with Crippen molar-refractivity contribution in [2.24, 2.45) is 4.99 Å². The topological polar surface area (TPSA) is 46.1 Å². The van der Waals surface area contributed by atoms with Gasteiger partial charge < -0.3 is 19.7 Å². The predicted molar refractivity (Wildman–Crippen MR) is 103 cm³/mol. The smallest absolute Gasteiger partial charge is 0.194 e. The molecule has 0 amide bonds. The van der Waals surface area contributed by atoms with Crippen molar-refractivity contribution in [2.45, 2.75) is 32.4 Å². The predicted octanol–water partition coefficient (Wildman–Crippen LogP) is 2.56. The number of rotatable bonds is 5. The number of hydrogen-bond donors (Lipinski definition) is 1. The Bertz CT molecular complexity index is 545. The normalized spacial score (nSPS) is 20.2. The van der Waals surface area contributed by atoms with Crippen molar-refractivity contribution in [3.63, 3.8) is 0 Å². The molecule has 1 unspecified atom stereocenters. The molecule has 2 heterocycles. The van der Waals surface area contributed by atoms with E-state index in [0.717, 1.165) is 56.4 Å². The SMILES string of the molecule is Cc1ccc(CNC2=NCCN2C)c(OCC2CCCO2)c1.I. The van der Waals surface area contributed by atoms with Crippen molar-refractivity contribution in [1.29, 1.82) is 0 Å². The standard InChI is InChI=1S/C17H25N3O2.HI/c1-13-5-6-14(11-19-17-18-7-8-20(17)2)16(10-13)22-12-15-4-3-9-21-15;/h5-6,10,15H,3-4,7-9,11-12H2,1-2H3,(H,18,19);1H. The van der Waals surface area contributed by atoms with Gasteiger partial charge in [0.15, 0.2) is 5.96 Å². The Morgan fingerprint density at radius 3 is 3.00 bits per heavy atom. The minimum atomic E-state index is 0. The Morgan fingerprint density at radius 1 is 1.43 bits per heavy atom. The van der Waals surface area contributed by atoms with Gasteiger partial charge >= 0.3 is 0 Å². The van der Waals surface area contributed by atoms with Crippen LogP contribution in [-0.2, 0) is 11.3 Å². The molecule has 0 spiro atoms. The minimum absolute atomic E-state index is 0. The third-order valence-electron chi connectivity index (χ3n) is 4.17. The van der Waals surface area contributed by atoms with E-state index in [1.807, 2.05) is 0 Å². The highest BCUT2D eigenvalue weighted by atomic mass is 127. The highest BCUT2D eigenvalue weighted by molar-refractivity contribution is 14.0. The molecule has 1 saturated heterocycles. The summed E-state index contributed by atoms with van der Waals surface area (Å²) in [7, 11) is 2.06. The number of guanidine groups is 1. The molecular weight excluding hydrogens is 405 g/mol. The number of aryl methyl sites for hydroxylation is 1. The van der Waals surface area contributed by atoms with E-state index in [2.05, 4.69) is 47.4 Å². The van der Waals surface area contributed by atoms with E-state index >= 15 is 0 Å². The van der Waals surface area contributed by atoms with Crippen molar-refractivity contribution in [2.75, 3.05) is 33.4 Å². The lowest BCUT2D eigenvalue weighted by Crippen LogP contribution is -2.35. The average Bonchev–Trinajstić information content (AvgIpc) is 3.16. The second kappa shape index (κ2) is 8.73. The molecule has 0 radical (unpaired) electrons. The molecule has 5 nitrogen and oxygen atoms in total. The molecule has 1 aromatic rings. The summed E-state index contributed by atoms with van der Waals surface area (Å²) in [6.45, 7) is 6.17. The van der Waals surface area contributed by atoms with Crippen LogP contribution in [0.4, 0.5) is 0 Å². The molecule has 1 atom stereocenters. The third kappa shape index (κ3) is 4.97. The molecule has 6 heteroatoms. The van der Waals surface area contributed by atoms with Gasteiger partial charge in [-0.2, -0.15) is 0 Å².